The Hall–Kier alpha value is -0.730. The molecule has 0 aliphatic carbocycles. The lowest BCUT2D eigenvalue weighted by molar-refractivity contribution is 0.530. The van der Waals surface area contributed by atoms with Gasteiger partial charge in [-0.05, 0) is 31.5 Å². The minimum absolute atomic E-state index is 0.0750. The summed E-state index contributed by atoms with van der Waals surface area (Å²) in [5.41, 5.74) is 1.07. The van der Waals surface area contributed by atoms with Gasteiger partial charge in [-0.3, -0.25) is 0 Å². The summed E-state index contributed by atoms with van der Waals surface area (Å²) >= 11 is 8.17. The van der Waals surface area contributed by atoms with Gasteiger partial charge >= 0.3 is 0 Å². The molecule has 0 aliphatic rings. The Balaban J connectivity index is 2.28. The molecule has 0 amide bonds. The second kappa shape index (κ2) is 4.42. The molecule has 0 aromatic carbocycles. The molecule has 0 saturated carbocycles. The third-order valence-electron chi connectivity index (χ3n) is 2.45. The Labute approximate surface area is 98.7 Å². The fourth-order valence-corrected chi connectivity index (χ4v) is 2.91. The molecule has 2 heterocycles. The summed E-state index contributed by atoms with van der Waals surface area (Å²) in [6.07, 6.45) is 2.76. The van der Waals surface area contributed by atoms with E-state index in [0.717, 1.165) is 17.7 Å². The largest absolute Gasteiger partial charge is 0.469 e. The number of hydrogen-bond acceptors (Lipinski definition) is 2. The molecule has 3 heteroatoms. The van der Waals surface area contributed by atoms with Gasteiger partial charge in [-0.2, -0.15) is 0 Å². The highest BCUT2D eigenvalue weighted by molar-refractivity contribution is 7.12. The Morgan fingerprint density at radius 3 is 2.73 bits per heavy atom. The fourth-order valence-electron chi connectivity index (χ4n) is 1.53. The lowest BCUT2D eigenvalue weighted by Crippen LogP contribution is -1.89. The van der Waals surface area contributed by atoms with Crippen molar-refractivity contribution in [2.45, 2.75) is 25.6 Å². The highest BCUT2D eigenvalue weighted by Crippen LogP contribution is 2.35. The van der Waals surface area contributed by atoms with Crippen LogP contribution in [-0.4, -0.2) is 0 Å². The zero-order chi connectivity index (χ0) is 10.8. The van der Waals surface area contributed by atoms with Gasteiger partial charge in [0.2, 0.25) is 0 Å². The van der Waals surface area contributed by atoms with E-state index in [1.807, 2.05) is 13.0 Å². The van der Waals surface area contributed by atoms with Crippen LogP contribution in [0, 0.1) is 6.92 Å². The standard InChI is InChI=1S/C12H13ClOS/c1-3-9-4-5-11(15-9)12(13)10-6-7-14-8(10)2/h4-7,12H,3H2,1-2H3. The van der Waals surface area contributed by atoms with Crippen molar-refractivity contribution < 1.29 is 4.42 Å². The SMILES string of the molecule is CCc1ccc(C(Cl)c2ccoc2C)s1. The maximum absolute atomic E-state index is 6.40. The summed E-state index contributed by atoms with van der Waals surface area (Å²) in [7, 11) is 0. The molecule has 15 heavy (non-hydrogen) atoms. The second-order valence-electron chi connectivity index (χ2n) is 3.45. The average Bonchev–Trinajstić information content (AvgIpc) is 2.84. The Kier molecular flexibility index (Phi) is 3.17. The van der Waals surface area contributed by atoms with Gasteiger partial charge in [0.25, 0.3) is 0 Å². The molecule has 1 nitrogen and oxygen atoms in total. The van der Waals surface area contributed by atoms with Gasteiger partial charge in [-0.15, -0.1) is 22.9 Å². The average molecular weight is 241 g/mol. The molecule has 1 atom stereocenters. The Morgan fingerprint density at radius 1 is 1.40 bits per heavy atom. The lowest BCUT2D eigenvalue weighted by atomic mass is 10.1. The minimum atomic E-state index is -0.0750. The van der Waals surface area contributed by atoms with Crippen LogP contribution in [0.3, 0.4) is 0 Å². The first kappa shape index (κ1) is 10.8. The molecule has 1 unspecified atom stereocenters. The number of furan rings is 1. The number of thiophene rings is 1. The van der Waals surface area contributed by atoms with Crippen molar-refractivity contribution in [3.05, 3.63) is 45.5 Å². The van der Waals surface area contributed by atoms with Gasteiger partial charge in [0, 0.05) is 15.3 Å². The summed E-state index contributed by atoms with van der Waals surface area (Å²) in [5, 5.41) is -0.0750. The molecule has 0 aliphatic heterocycles. The lowest BCUT2D eigenvalue weighted by Gasteiger charge is -2.05. The van der Waals surface area contributed by atoms with Crippen LogP contribution in [0.25, 0.3) is 0 Å². The van der Waals surface area contributed by atoms with Gasteiger partial charge in [0.15, 0.2) is 0 Å². The minimum Gasteiger partial charge on any atom is -0.469 e. The summed E-state index contributed by atoms with van der Waals surface area (Å²) in [4.78, 5) is 2.56. The quantitative estimate of drug-likeness (QED) is 0.718. The Bertz CT molecular complexity index is 444. The van der Waals surface area contributed by atoms with Crippen molar-refractivity contribution in [2.75, 3.05) is 0 Å². The van der Waals surface area contributed by atoms with Crippen molar-refractivity contribution >= 4 is 22.9 Å². The van der Waals surface area contributed by atoms with Crippen molar-refractivity contribution in [2.24, 2.45) is 0 Å². The molecule has 0 radical (unpaired) electrons. The van der Waals surface area contributed by atoms with E-state index in [2.05, 4.69) is 19.1 Å². The molecule has 2 aromatic rings. The van der Waals surface area contributed by atoms with Gasteiger partial charge in [0.05, 0.1) is 11.6 Å². The number of alkyl halides is 1. The maximum Gasteiger partial charge on any atom is 0.105 e. The van der Waals surface area contributed by atoms with Crippen LogP contribution in [0.2, 0.25) is 0 Å². The summed E-state index contributed by atoms with van der Waals surface area (Å²) in [6, 6.07) is 6.19. The topological polar surface area (TPSA) is 13.1 Å². The van der Waals surface area contributed by atoms with E-state index in [4.69, 9.17) is 16.0 Å². The monoisotopic (exact) mass is 240 g/mol. The van der Waals surface area contributed by atoms with E-state index in [-0.39, 0.29) is 5.38 Å². The van der Waals surface area contributed by atoms with Crippen LogP contribution in [-0.2, 0) is 6.42 Å². The van der Waals surface area contributed by atoms with Crippen molar-refractivity contribution in [3.8, 4) is 0 Å². The predicted octanol–water partition coefficient (Wildman–Crippen LogP) is 4.54. The second-order valence-corrected chi connectivity index (χ2v) is 5.09. The van der Waals surface area contributed by atoms with E-state index in [1.165, 1.54) is 9.75 Å². The maximum atomic E-state index is 6.40. The van der Waals surface area contributed by atoms with Crippen LogP contribution in [0.5, 0.6) is 0 Å². The van der Waals surface area contributed by atoms with Gasteiger partial charge in [-0.25, -0.2) is 0 Å². The summed E-state index contributed by atoms with van der Waals surface area (Å²) < 4.78 is 5.26. The zero-order valence-electron chi connectivity index (χ0n) is 8.79. The molecule has 0 bridgehead atoms. The third kappa shape index (κ3) is 2.11. The van der Waals surface area contributed by atoms with Crippen LogP contribution in [0.4, 0.5) is 0 Å². The third-order valence-corrected chi connectivity index (χ3v) is 4.35. The highest BCUT2D eigenvalue weighted by Gasteiger charge is 2.16. The zero-order valence-corrected chi connectivity index (χ0v) is 10.4. The smallest absolute Gasteiger partial charge is 0.105 e. The number of rotatable bonds is 3. The van der Waals surface area contributed by atoms with Gasteiger partial charge in [0.1, 0.15) is 5.76 Å². The van der Waals surface area contributed by atoms with Crippen LogP contribution < -0.4 is 0 Å². The molecule has 80 valence electrons. The Morgan fingerprint density at radius 2 is 2.20 bits per heavy atom. The molecule has 0 fully saturated rings. The van der Waals surface area contributed by atoms with E-state index in [0.29, 0.717) is 0 Å². The first-order chi connectivity index (χ1) is 7.22. The molecular formula is C12H13ClOS. The first-order valence-corrected chi connectivity index (χ1v) is 6.24. The number of hydrogen-bond donors (Lipinski definition) is 0. The van der Waals surface area contributed by atoms with E-state index >= 15 is 0 Å². The molecule has 0 N–H and O–H groups in total. The summed E-state index contributed by atoms with van der Waals surface area (Å²) in [5.74, 6) is 0.904. The number of halogens is 1. The van der Waals surface area contributed by atoms with Crippen molar-refractivity contribution in [1.29, 1.82) is 0 Å². The number of aryl methyl sites for hydroxylation is 2. The molecule has 0 saturated heterocycles. The van der Waals surface area contributed by atoms with Crippen LogP contribution >= 0.6 is 22.9 Å². The van der Waals surface area contributed by atoms with E-state index in [9.17, 15) is 0 Å². The first-order valence-electron chi connectivity index (χ1n) is 4.99. The van der Waals surface area contributed by atoms with E-state index < -0.39 is 0 Å². The van der Waals surface area contributed by atoms with Gasteiger partial charge in [-0.1, -0.05) is 6.92 Å². The van der Waals surface area contributed by atoms with Crippen LogP contribution in [0.1, 0.15) is 33.4 Å². The van der Waals surface area contributed by atoms with Crippen molar-refractivity contribution in [3.63, 3.8) is 0 Å². The van der Waals surface area contributed by atoms with E-state index in [1.54, 1.807) is 17.6 Å². The molecule has 2 aromatic heterocycles. The fraction of sp³-hybridized carbons (Fsp3) is 0.333. The molecule has 0 spiro atoms. The molecular weight excluding hydrogens is 228 g/mol. The normalized spacial score (nSPS) is 13.0. The summed E-state index contributed by atoms with van der Waals surface area (Å²) in [6.45, 7) is 4.10. The van der Waals surface area contributed by atoms with Crippen LogP contribution in [0.15, 0.2) is 28.9 Å². The van der Waals surface area contributed by atoms with Gasteiger partial charge < -0.3 is 4.42 Å². The van der Waals surface area contributed by atoms with Crippen molar-refractivity contribution in [1.82, 2.24) is 0 Å². The predicted molar refractivity (Wildman–Crippen MR) is 64.8 cm³/mol. The molecule has 2 rings (SSSR count). The highest BCUT2D eigenvalue weighted by atomic mass is 35.5.